The molecule has 0 aromatic heterocycles. The molecule has 2 aromatic carbocycles. The van der Waals surface area contributed by atoms with Crippen molar-refractivity contribution in [2.45, 2.75) is 134 Å². The number of carbonyl (C=O) groups excluding carboxylic acids is 7. The first-order valence-electron chi connectivity index (χ1n) is 24.4. The number of Topliss-reactive ketones (excluding diaryl/α,β-unsaturated/α-hetero) is 1. The number of esters is 4. The zero-order chi connectivity index (χ0) is 54.0. The second kappa shape index (κ2) is 23.1. The van der Waals surface area contributed by atoms with Gasteiger partial charge in [-0.15, -0.1) is 0 Å². The summed E-state index contributed by atoms with van der Waals surface area (Å²) in [4.78, 5) is 104. The third-order valence-electron chi connectivity index (χ3n) is 14.7. The predicted octanol–water partition coefficient (Wildman–Crippen LogP) is 7.32. The Morgan fingerprint density at radius 3 is 2.18 bits per heavy atom. The molecule has 74 heavy (non-hydrogen) atoms. The Morgan fingerprint density at radius 1 is 0.905 bits per heavy atom. The molecule has 3 N–H and O–H groups in total. The Morgan fingerprint density at radius 2 is 1.57 bits per heavy atom. The third kappa shape index (κ3) is 11.9. The van der Waals surface area contributed by atoms with E-state index in [4.69, 9.17) is 61.2 Å². The van der Waals surface area contributed by atoms with E-state index in [9.17, 15) is 29.1 Å². The Labute approximate surface area is 448 Å². The molecular weight excluding hydrogens is 1040 g/mol. The van der Waals surface area contributed by atoms with Gasteiger partial charge in [0.25, 0.3) is 0 Å². The van der Waals surface area contributed by atoms with Crippen molar-refractivity contribution in [3.05, 3.63) is 82.9 Å². The molecule has 0 radical (unpaired) electrons. The molecule has 1 amide bonds. The molecule has 22 heteroatoms. The first-order chi connectivity index (χ1) is 34.9. The summed E-state index contributed by atoms with van der Waals surface area (Å²) in [5.74, 6) is -5.43. The van der Waals surface area contributed by atoms with Gasteiger partial charge in [0, 0.05) is 55.6 Å². The third-order valence-corrected chi connectivity index (χ3v) is 17.2. The number of benzene rings is 2. The summed E-state index contributed by atoms with van der Waals surface area (Å²) >= 11 is 11.1. The van der Waals surface area contributed by atoms with Crippen LogP contribution in [0.1, 0.15) is 103 Å². The molecular formula is C52H64Cl2N2O16S2. The summed E-state index contributed by atoms with van der Waals surface area (Å²) in [6.45, 7) is 12.8. The van der Waals surface area contributed by atoms with Crippen molar-refractivity contribution in [3.8, 4) is 0 Å². The van der Waals surface area contributed by atoms with Crippen LogP contribution < -0.4 is 10.8 Å². The van der Waals surface area contributed by atoms with Crippen molar-refractivity contribution in [1.29, 1.82) is 0 Å². The summed E-state index contributed by atoms with van der Waals surface area (Å²) in [5.41, 5.74) is -4.11. The van der Waals surface area contributed by atoms with Crippen molar-refractivity contribution >= 4 is 86.5 Å². The second-order valence-corrected chi connectivity index (χ2v) is 24.8. The molecule has 404 valence electrons. The van der Waals surface area contributed by atoms with Gasteiger partial charge < -0.3 is 43.6 Å². The van der Waals surface area contributed by atoms with Crippen LogP contribution in [0.25, 0.3) is 0 Å². The topological polar surface area (TPSA) is 238 Å². The fraction of sp³-hybridized carbons (Fsp3) is 0.596. The van der Waals surface area contributed by atoms with Crippen LogP contribution in [0.3, 0.4) is 0 Å². The molecule has 5 aliphatic rings. The standard InChI is InChI=1S/C52H64Cl2N2O16S2/c1-28-34(68-45(62)40(69-47(63)65-20-22-74-73-21-19-55-72-46(53)54)38(31-15-11-9-12-16-31)56-36(59)26-48(4,5)6)25-52(64)43(70-44(61)32-17-13-10-14-18-32)41-50(42(60)39(67-29(2)57)37(28)49(52,7)8)24-33(50)23-35-51(41,27-66-35)71-30(3)58/h9-18,33-35,38-41,43,46,55,64H,19-27H2,1-8H3,(H,56,59)/t33-,34+,35-,38+,39-,40-,41+,43+,50-,51+,52-/m1/s1. The number of hydrogen-bond acceptors (Lipinski definition) is 19. The van der Waals surface area contributed by atoms with Crippen LogP contribution in [-0.4, -0.2) is 125 Å². The van der Waals surface area contributed by atoms with E-state index in [2.05, 4.69) is 10.8 Å². The maximum Gasteiger partial charge on any atom is 0.509 e. The molecule has 11 atom stereocenters. The lowest BCUT2D eigenvalue weighted by molar-refractivity contribution is -0.323. The minimum Gasteiger partial charge on any atom is -0.455 e. The molecule has 4 aliphatic carbocycles. The van der Waals surface area contributed by atoms with Crippen molar-refractivity contribution in [1.82, 2.24) is 10.8 Å². The van der Waals surface area contributed by atoms with E-state index >= 15 is 9.59 Å². The van der Waals surface area contributed by atoms with Gasteiger partial charge in [0.15, 0.2) is 17.5 Å². The molecule has 1 spiro atoms. The molecule has 1 saturated heterocycles. The quantitative estimate of drug-likeness (QED) is 0.0224. The van der Waals surface area contributed by atoms with Gasteiger partial charge in [-0.25, -0.2) is 14.4 Å². The molecule has 4 fully saturated rings. The van der Waals surface area contributed by atoms with Gasteiger partial charge in [0.05, 0.1) is 18.1 Å². The highest BCUT2D eigenvalue weighted by Gasteiger charge is 2.84. The highest BCUT2D eigenvalue weighted by molar-refractivity contribution is 8.76. The number of aliphatic hydroxyl groups is 1. The SMILES string of the molecule is CC(=O)O[C@H]1C(=O)[C@]23C[C@H]2C[C@H]2OC[C@@]2(OC(C)=O)[C@H]3[C@H](OC(=O)c2ccccc2)[C@]2(O)C[C@H](OC(=O)[C@H](OC(=O)OCCSSCCNOC(Cl)Cl)[C@@H](NC(=O)CC(C)(C)C)c3ccccc3)C(C)=C1C2(C)C. The number of fused-ring (bicyclic) bond motifs is 4. The van der Waals surface area contributed by atoms with Crippen LogP contribution >= 0.6 is 44.8 Å². The average molecular weight is 1110 g/mol. The van der Waals surface area contributed by atoms with Crippen LogP contribution in [0, 0.1) is 28.1 Å². The highest BCUT2D eigenvalue weighted by atomic mass is 35.5. The zero-order valence-electron chi connectivity index (χ0n) is 42.5. The zero-order valence-corrected chi connectivity index (χ0v) is 45.6. The second-order valence-electron chi connectivity index (χ2n) is 21.1. The molecule has 3 saturated carbocycles. The van der Waals surface area contributed by atoms with E-state index in [1.165, 1.54) is 40.6 Å². The fourth-order valence-corrected chi connectivity index (χ4v) is 13.2. The number of hydrogen-bond donors (Lipinski definition) is 3. The molecule has 18 nitrogen and oxygen atoms in total. The molecule has 2 aromatic rings. The first-order valence-corrected chi connectivity index (χ1v) is 27.7. The normalized spacial score (nSPS) is 29.3. The van der Waals surface area contributed by atoms with Crippen LogP contribution in [-0.2, 0) is 62.0 Å². The number of rotatable bonds is 20. The van der Waals surface area contributed by atoms with E-state index in [0.29, 0.717) is 23.6 Å². The lowest BCUT2D eigenvalue weighted by Gasteiger charge is -2.64. The van der Waals surface area contributed by atoms with Crippen molar-refractivity contribution < 1.29 is 76.7 Å². The summed E-state index contributed by atoms with van der Waals surface area (Å²) in [6, 6.07) is 15.0. The van der Waals surface area contributed by atoms with Gasteiger partial charge in [-0.1, -0.05) is 128 Å². The molecule has 7 rings (SSSR count). The van der Waals surface area contributed by atoms with E-state index in [1.54, 1.807) is 69.3 Å². The van der Waals surface area contributed by atoms with E-state index in [-0.39, 0.29) is 49.2 Å². The van der Waals surface area contributed by atoms with Crippen LogP contribution in [0.4, 0.5) is 4.79 Å². The Balaban J connectivity index is 1.30. The lowest BCUT2D eigenvalue weighted by Crippen LogP contribution is -2.78. The molecule has 1 heterocycles. The smallest absolute Gasteiger partial charge is 0.455 e. The van der Waals surface area contributed by atoms with Crippen LogP contribution in [0.15, 0.2) is 71.8 Å². The number of hydroxylamine groups is 1. The van der Waals surface area contributed by atoms with Gasteiger partial charge >= 0.3 is 30.0 Å². The van der Waals surface area contributed by atoms with Crippen LogP contribution in [0.2, 0.25) is 0 Å². The van der Waals surface area contributed by atoms with Gasteiger partial charge in [0.2, 0.25) is 17.0 Å². The van der Waals surface area contributed by atoms with E-state index in [1.807, 2.05) is 20.8 Å². The van der Waals surface area contributed by atoms with Gasteiger partial charge in [-0.2, -0.15) is 5.48 Å². The number of amides is 1. The number of halogens is 2. The van der Waals surface area contributed by atoms with Gasteiger partial charge in [-0.05, 0) is 59.9 Å². The lowest BCUT2D eigenvalue weighted by atomic mass is 9.48. The van der Waals surface area contributed by atoms with Gasteiger partial charge in [-0.3, -0.25) is 24.0 Å². The van der Waals surface area contributed by atoms with E-state index < -0.39 is 129 Å². The minimum absolute atomic E-state index is 0.00621. The maximum atomic E-state index is 15.7. The number of nitrogens with one attached hydrogen (secondary N) is 2. The Bertz CT molecular complexity index is 2480. The molecule has 2 bridgehead atoms. The number of alkyl halides is 2. The maximum absolute atomic E-state index is 15.7. The largest absolute Gasteiger partial charge is 0.509 e. The van der Waals surface area contributed by atoms with Crippen molar-refractivity contribution in [3.63, 3.8) is 0 Å². The average Bonchev–Trinajstić information content (AvgIpc) is 4.05. The summed E-state index contributed by atoms with van der Waals surface area (Å²) in [7, 11) is 2.82. The molecule has 0 unspecified atom stereocenters. The Hall–Kier alpha value is -4.41. The van der Waals surface area contributed by atoms with E-state index in [0.717, 1.165) is 6.92 Å². The molecule has 1 aliphatic heterocycles. The number of carbonyl (C=O) groups is 7. The number of ketones is 1. The van der Waals surface area contributed by atoms with Crippen LogP contribution in [0.5, 0.6) is 0 Å². The monoisotopic (exact) mass is 1110 g/mol. The Kier molecular flexibility index (Phi) is 17.8. The summed E-state index contributed by atoms with van der Waals surface area (Å²) in [6.07, 6.45) is -8.81. The highest BCUT2D eigenvalue weighted by Crippen LogP contribution is 2.74. The van der Waals surface area contributed by atoms with Crippen molar-refractivity contribution in [2.24, 2.45) is 28.1 Å². The summed E-state index contributed by atoms with van der Waals surface area (Å²) < 4.78 is 42.6. The first kappa shape index (κ1) is 57.3. The minimum atomic E-state index is -2.32. The van der Waals surface area contributed by atoms with Gasteiger partial charge in [0.1, 0.15) is 36.6 Å². The fourth-order valence-electron chi connectivity index (χ4n) is 11.4. The predicted molar refractivity (Wildman–Crippen MR) is 272 cm³/mol. The number of ether oxygens (including phenoxy) is 7. The summed E-state index contributed by atoms with van der Waals surface area (Å²) in [5, 5.41) is 15.8. The van der Waals surface area contributed by atoms with Crippen molar-refractivity contribution in [2.75, 3.05) is 31.3 Å².